The normalized spacial score (nSPS) is 21.6. The number of halogens is 2. The molecule has 1 N–H and O–H groups in total. The molecule has 2 aliphatic rings. The summed E-state index contributed by atoms with van der Waals surface area (Å²) in [6, 6.07) is 7.53. The zero-order valence-corrected chi connectivity index (χ0v) is 12.9. The van der Waals surface area contributed by atoms with Gasteiger partial charge in [0.05, 0.1) is 0 Å². The molecule has 0 bridgehead atoms. The Morgan fingerprint density at radius 3 is 2.55 bits per heavy atom. The highest BCUT2D eigenvalue weighted by molar-refractivity contribution is 5.27. The molecule has 0 aliphatic carbocycles. The smallest absolute Gasteiger partial charge is 0.272 e. The molecule has 122 valence electrons. The van der Waals surface area contributed by atoms with E-state index in [1.54, 1.807) is 12.1 Å². The van der Waals surface area contributed by atoms with Gasteiger partial charge in [0.2, 0.25) is 0 Å². The highest BCUT2D eigenvalue weighted by Crippen LogP contribution is 2.39. The second-order valence-corrected chi connectivity index (χ2v) is 6.56. The maximum Gasteiger partial charge on any atom is 0.272 e. The van der Waals surface area contributed by atoms with Crippen molar-refractivity contribution < 1.29 is 13.5 Å². The van der Waals surface area contributed by atoms with Gasteiger partial charge >= 0.3 is 0 Å². The third-order valence-electron chi connectivity index (χ3n) is 4.89. The number of likely N-dealkylation sites (tertiary alicyclic amines) is 1. The van der Waals surface area contributed by atoms with E-state index in [2.05, 4.69) is 10.2 Å². The van der Waals surface area contributed by atoms with Crippen LogP contribution >= 0.6 is 0 Å². The van der Waals surface area contributed by atoms with Crippen LogP contribution in [0.4, 0.5) is 8.78 Å². The Balaban J connectivity index is 1.51. The molecule has 1 aromatic carbocycles. The highest BCUT2D eigenvalue weighted by Gasteiger charge is 2.38. The van der Waals surface area contributed by atoms with Crippen LogP contribution in [0.2, 0.25) is 0 Å². The molecule has 0 aromatic heterocycles. The lowest BCUT2D eigenvalue weighted by atomic mass is 9.78. The van der Waals surface area contributed by atoms with Gasteiger partial charge in [-0.25, -0.2) is 8.78 Å². The van der Waals surface area contributed by atoms with E-state index in [0.717, 1.165) is 26.2 Å². The summed E-state index contributed by atoms with van der Waals surface area (Å²) in [4.78, 5) is 2.51. The molecule has 2 fully saturated rings. The first-order chi connectivity index (χ1) is 10.7. The molecule has 0 saturated carbocycles. The summed E-state index contributed by atoms with van der Waals surface area (Å²) in [5.74, 6) is 0.514. The summed E-state index contributed by atoms with van der Waals surface area (Å²) in [7, 11) is 0. The van der Waals surface area contributed by atoms with Crippen molar-refractivity contribution in [1.29, 1.82) is 0 Å². The van der Waals surface area contributed by atoms with Gasteiger partial charge in [0, 0.05) is 13.1 Å². The van der Waals surface area contributed by atoms with Crippen LogP contribution < -0.4 is 10.1 Å². The molecule has 0 amide bonds. The molecule has 2 heterocycles. The first-order valence-corrected chi connectivity index (χ1v) is 8.08. The molecule has 0 unspecified atom stereocenters. The lowest BCUT2D eigenvalue weighted by Crippen LogP contribution is -2.38. The molecule has 1 spiro atoms. The van der Waals surface area contributed by atoms with E-state index in [1.807, 2.05) is 12.1 Å². The Hall–Kier alpha value is -1.20. The SMILES string of the molecule is FC(F)COc1ccc(CN2CCC3(CCNCC3)C2)cc1. The zero-order chi connectivity index (χ0) is 15.4. The third kappa shape index (κ3) is 3.96. The summed E-state index contributed by atoms with van der Waals surface area (Å²) in [6.45, 7) is 5.02. The Kier molecular flexibility index (Phi) is 4.93. The van der Waals surface area contributed by atoms with E-state index in [1.165, 1.54) is 31.4 Å². The van der Waals surface area contributed by atoms with Crippen molar-refractivity contribution in [3.63, 3.8) is 0 Å². The summed E-state index contributed by atoms with van der Waals surface area (Å²) in [5.41, 5.74) is 1.74. The van der Waals surface area contributed by atoms with E-state index < -0.39 is 13.0 Å². The minimum atomic E-state index is -2.43. The largest absolute Gasteiger partial charge is 0.488 e. The van der Waals surface area contributed by atoms with Gasteiger partial charge in [-0.1, -0.05) is 12.1 Å². The molecule has 2 saturated heterocycles. The van der Waals surface area contributed by atoms with Crippen molar-refractivity contribution in [3.05, 3.63) is 29.8 Å². The fourth-order valence-corrected chi connectivity index (χ4v) is 3.64. The molecule has 0 radical (unpaired) electrons. The van der Waals surface area contributed by atoms with Crippen molar-refractivity contribution >= 4 is 0 Å². The van der Waals surface area contributed by atoms with Crippen LogP contribution in [-0.2, 0) is 6.54 Å². The topological polar surface area (TPSA) is 24.5 Å². The van der Waals surface area contributed by atoms with Gasteiger partial charge < -0.3 is 10.1 Å². The number of ether oxygens (including phenoxy) is 1. The van der Waals surface area contributed by atoms with Crippen LogP contribution in [0.1, 0.15) is 24.8 Å². The van der Waals surface area contributed by atoms with Crippen LogP contribution in [0.25, 0.3) is 0 Å². The fourth-order valence-electron chi connectivity index (χ4n) is 3.64. The molecule has 5 heteroatoms. The summed E-state index contributed by atoms with van der Waals surface area (Å²) in [6.07, 6.45) is 1.43. The highest BCUT2D eigenvalue weighted by atomic mass is 19.3. The number of piperidine rings is 1. The standard InChI is InChI=1S/C17H24F2N2O/c18-16(19)12-22-15-3-1-14(2-4-15)11-21-10-7-17(13-21)5-8-20-9-6-17/h1-4,16,20H,5-13H2. The van der Waals surface area contributed by atoms with Gasteiger partial charge in [0.1, 0.15) is 12.4 Å². The number of hydrogen-bond donors (Lipinski definition) is 1. The molecular weight excluding hydrogens is 286 g/mol. The number of nitrogens with one attached hydrogen (secondary N) is 1. The first kappa shape index (κ1) is 15.7. The van der Waals surface area contributed by atoms with Gasteiger partial charge in [-0.15, -0.1) is 0 Å². The van der Waals surface area contributed by atoms with Crippen molar-refractivity contribution in [1.82, 2.24) is 10.2 Å². The minimum absolute atomic E-state index is 0.514. The molecular formula is C17H24F2N2O. The van der Waals surface area contributed by atoms with Crippen molar-refractivity contribution in [2.45, 2.75) is 32.2 Å². The molecule has 1 aromatic rings. The van der Waals surface area contributed by atoms with Crippen LogP contribution in [0.15, 0.2) is 24.3 Å². The van der Waals surface area contributed by atoms with Gasteiger partial charge in [-0.3, -0.25) is 4.90 Å². The second-order valence-electron chi connectivity index (χ2n) is 6.56. The fraction of sp³-hybridized carbons (Fsp3) is 0.647. The van der Waals surface area contributed by atoms with E-state index >= 15 is 0 Å². The molecule has 2 aliphatic heterocycles. The molecule has 22 heavy (non-hydrogen) atoms. The van der Waals surface area contributed by atoms with Crippen LogP contribution in [0.3, 0.4) is 0 Å². The van der Waals surface area contributed by atoms with Gasteiger partial charge in [0.15, 0.2) is 0 Å². The van der Waals surface area contributed by atoms with Gasteiger partial charge in [-0.2, -0.15) is 0 Å². The number of nitrogens with zero attached hydrogens (tertiary/aromatic N) is 1. The summed E-state index contributed by atoms with van der Waals surface area (Å²) in [5, 5.41) is 3.44. The number of rotatable bonds is 5. The summed E-state index contributed by atoms with van der Waals surface area (Å²) < 4.78 is 29.2. The van der Waals surface area contributed by atoms with E-state index in [-0.39, 0.29) is 0 Å². The maximum atomic E-state index is 12.1. The van der Waals surface area contributed by atoms with Crippen LogP contribution in [-0.4, -0.2) is 44.1 Å². The number of alkyl halides is 2. The third-order valence-corrected chi connectivity index (χ3v) is 4.89. The predicted octanol–water partition coefficient (Wildman–Crippen LogP) is 2.91. The monoisotopic (exact) mass is 310 g/mol. The summed E-state index contributed by atoms with van der Waals surface area (Å²) >= 11 is 0. The Morgan fingerprint density at radius 1 is 1.14 bits per heavy atom. The quantitative estimate of drug-likeness (QED) is 0.905. The molecule has 3 rings (SSSR count). The number of hydrogen-bond acceptors (Lipinski definition) is 3. The van der Waals surface area contributed by atoms with Crippen molar-refractivity contribution in [2.75, 3.05) is 32.8 Å². The Morgan fingerprint density at radius 2 is 1.86 bits per heavy atom. The van der Waals surface area contributed by atoms with Crippen LogP contribution in [0.5, 0.6) is 5.75 Å². The van der Waals surface area contributed by atoms with Gasteiger partial charge in [-0.05, 0) is 62.0 Å². The average molecular weight is 310 g/mol. The Labute approximate surface area is 130 Å². The predicted molar refractivity (Wildman–Crippen MR) is 82.4 cm³/mol. The zero-order valence-electron chi connectivity index (χ0n) is 12.9. The van der Waals surface area contributed by atoms with Crippen LogP contribution in [0, 0.1) is 5.41 Å². The number of benzene rings is 1. The lowest BCUT2D eigenvalue weighted by Gasteiger charge is -2.33. The van der Waals surface area contributed by atoms with Crippen molar-refractivity contribution in [3.8, 4) is 5.75 Å². The Bertz CT molecular complexity index is 472. The van der Waals surface area contributed by atoms with Gasteiger partial charge in [0.25, 0.3) is 6.43 Å². The molecule has 3 nitrogen and oxygen atoms in total. The van der Waals surface area contributed by atoms with E-state index in [4.69, 9.17) is 4.74 Å². The van der Waals surface area contributed by atoms with E-state index in [9.17, 15) is 8.78 Å². The molecule has 0 atom stereocenters. The van der Waals surface area contributed by atoms with Crippen molar-refractivity contribution in [2.24, 2.45) is 5.41 Å². The second kappa shape index (κ2) is 6.92. The minimum Gasteiger partial charge on any atom is -0.488 e. The first-order valence-electron chi connectivity index (χ1n) is 8.08. The maximum absolute atomic E-state index is 12.1. The lowest BCUT2D eigenvalue weighted by molar-refractivity contribution is 0.0819. The van der Waals surface area contributed by atoms with E-state index in [0.29, 0.717) is 11.2 Å². The average Bonchev–Trinajstić information content (AvgIpc) is 2.89.